The van der Waals surface area contributed by atoms with Crippen molar-refractivity contribution >= 4 is 33.0 Å². The molecule has 0 saturated heterocycles. The van der Waals surface area contributed by atoms with Crippen molar-refractivity contribution in [2.24, 2.45) is 0 Å². The summed E-state index contributed by atoms with van der Waals surface area (Å²) in [5.41, 5.74) is 4.51. The van der Waals surface area contributed by atoms with Crippen LogP contribution in [0.2, 0.25) is 5.02 Å². The first kappa shape index (κ1) is 21.7. The SMILES string of the molecule is CS(=O)(=O)c1ccc(NNC(=O)c2cccn2-c2ncc(C(F)(F)F)cc2Cl)cc1. The number of hydrogen-bond donors (Lipinski definition) is 2. The Balaban J connectivity index is 1.77. The van der Waals surface area contributed by atoms with Crippen molar-refractivity contribution in [2.75, 3.05) is 11.7 Å². The molecule has 0 aliphatic carbocycles. The third-order valence-electron chi connectivity index (χ3n) is 3.96. The van der Waals surface area contributed by atoms with E-state index >= 15 is 0 Å². The monoisotopic (exact) mass is 458 g/mol. The number of hydrogen-bond acceptors (Lipinski definition) is 5. The molecule has 7 nitrogen and oxygen atoms in total. The Morgan fingerprint density at radius 1 is 1.17 bits per heavy atom. The van der Waals surface area contributed by atoms with E-state index in [4.69, 9.17) is 11.6 Å². The van der Waals surface area contributed by atoms with Crippen molar-refractivity contribution in [1.29, 1.82) is 0 Å². The van der Waals surface area contributed by atoms with Gasteiger partial charge in [-0.05, 0) is 42.5 Å². The number of anilines is 1. The van der Waals surface area contributed by atoms with Crippen molar-refractivity contribution in [3.05, 3.63) is 71.1 Å². The molecule has 0 radical (unpaired) electrons. The number of nitrogens with zero attached hydrogens (tertiary/aromatic N) is 2. The third kappa shape index (κ3) is 4.74. The Hall–Kier alpha value is -3.05. The van der Waals surface area contributed by atoms with Crippen LogP contribution in [0.1, 0.15) is 16.1 Å². The van der Waals surface area contributed by atoms with Gasteiger partial charge in [0.2, 0.25) is 0 Å². The van der Waals surface area contributed by atoms with E-state index < -0.39 is 27.5 Å². The fourth-order valence-corrected chi connectivity index (χ4v) is 3.38. The highest BCUT2D eigenvalue weighted by atomic mass is 35.5. The molecule has 2 heterocycles. The van der Waals surface area contributed by atoms with E-state index in [0.717, 1.165) is 12.3 Å². The minimum absolute atomic E-state index is 0.0441. The van der Waals surface area contributed by atoms with Crippen LogP contribution in [0.25, 0.3) is 5.82 Å². The summed E-state index contributed by atoms with van der Waals surface area (Å²) in [7, 11) is -3.35. The molecule has 0 aliphatic heterocycles. The topological polar surface area (TPSA) is 93.1 Å². The number of pyridine rings is 1. The van der Waals surface area contributed by atoms with Crippen molar-refractivity contribution in [1.82, 2.24) is 15.0 Å². The predicted octanol–water partition coefficient (Wildman–Crippen LogP) is 3.70. The fourth-order valence-electron chi connectivity index (χ4n) is 2.49. The summed E-state index contributed by atoms with van der Waals surface area (Å²) < 4.78 is 62.6. The normalized spacial score (nSPS) is 11.9. The number of aromatic nitrogens is 2. The van der Waals surface area contributed by atoms with Gasteiger partial charge in [0.25, 0.3) is 5.91 Å². The van der Waals surface area contributed by atoms with E-state index in [9.17, 15) is 26.4 Å². The molecule has 0 fully saturated rings. The maximum Gasteiger partial charge on any atom is 0.417 e. The Morgan fingerprint density at radius 2 is 1.83 bits per heavy atom. The lowest BCUT2D eigenvalue weighted by atomic mass is 10.2. The summed E-state index contributed by atoms with van der Waals surface area (Å²) in [6.07, 6.45) is -1.46. The zero-order chi connectivity index (χ0) is 22.1. The van der Waals surface area contributed by atoms with Crippen LogP contribution in [0.15, 0.2) is 59.8 Å². The van der Waals surface area contributed by atoms with Crippen molar-refractivity contribution < 1.29 is 26.4 Å². The van der Waals surface area contributed by atoms with Gasteiger partial charge in [0.15, 0.2) is 15.7 Å². The number of alkyl halides is 3. The number of hydrazine groups is 1. The van der Waals surface area contributed by atoms with Crippen LogP contribution in [0.4, 0.5) is 18.9 Å². The molecule has 0 saturated carbocycles. The van der Waals surface area contributed by atoms with E-state index in [0.29, 0.717) is 11.9 Å². The van der Waals surface area contributed by atoms with Gasteiger partial charge in [-0.15, -0.1) is 0 Å². The second kappa shape index (κ2) is 8.00. The average molecular weight is 459 g/mol. The summed E-state index contributed by atoms with van der Waals surface area (Å²) in [4.78, 5) is 16.4. The lowest BCUT2D eigenvalue weighted by Gasteiger charge is -2.13. The van der Waals surface area contributed by atoms with E-state index in [1.165, 1.54) is 47.2 Å². The molecule has 12 heteroatoms. The second-order valence-corrected chi connectivity index (χ2v) is 8.59. The maximum atomic E-state index is 12.8. The van der Waals surface area contributed by atoms with E-state index in [-0.39, 0.29) is 21.4 Å². The largest absolute Gasteiger partial charge is 0.417 e. The summed E-state index contributed by atoms with van der Waals surface area (Å²) in [6.45, 7) is 0. The number of carbonyl (C=O) groups is 1. The first-order valence-electron chi connectivity index (χ1n) is 8.24. The Bertz CT molecular complexity index is 1190. The quantitative estimate of drug-likeness (QED) is 0.569. The molecule has 0 unspecified atom stereocenters. The van der Waals surface area contributed by atoms with Crippen LogP contribution in [-0.2, 0) is 16.0 Å². The van der Waals surface area contributed by atoms with Crippen LogP contribution < -0.4 is 10.9 Å². The second-order valence-electron chi connectivity index (χ2n) is 6.17. The molecule has 30 heavy (non-hydrogen) atoms. The molecule has 3 rings (SSSR count). The third-order valence-corrected chi connectivity index (χ3v) is 5.37. The zero-order valence-corrected chi connectivity index (χ0v) is 16.8. The first-order chi connectivity index (χ1) is 14.0. The molecule has 2 aromatic heterocycles. The standard InChI is InChI=1S/C18H14ClF3N4O3S/c1-30(28,29)13-6-4-12(5-7-13)24-25-17(27)15-3-2-8-26(15)16-14(19)9-11(10-23-16)18(20,21)22/h2-10,24H,1H3,(H,25,27). The van der Waals surface area contributed by atoms with Gasteiger partial charge in [-0.1, -0.05) is 11.6 Å². The Labute approximate surface area is 174 Å². The lowest BCUT2D eigenvalue weighted by molar-refractivity contribution is -0.137. The maximum absolute atomic E-state index is 12.8. The van der Waals surface area contributed by atoms with Gasteiger partial charge in [-0.2, -0.15) is 13.2 Å². The van der Waals surface area contributed by atoms with Gasteiger partial charge in [-0.3, -0.25) is 20.2 Å². The molecule has 1 amide bonds. The van der Waals surface area contributed by atoms with Gasteiger partial charge in [-0.25, -0.2) is 13.4 Å². The molecule has 158 valence electrons. The highest BCUT2D eigenvalue weighted by Crippen LogP contribution is 2.32. The summed E-state index contributed by atoms with van der Waals surface area (Å²) in [5, 5.41) is -0.278. The van der Waals surface area contributed by atoms with E-state index in [1.807, 2.05) is 0 Å². The number of benzene rings is 1. The van der Waals surface area contributed by atoms with Crippen LogP contribution in [0.5, 0.6) is 0 Å². The number of carbonyl (C=O) groups excluding carboxylic acids is 1. The van der Waals surface area contributed by atoms with Gasteiger partial charge in [0, 0.05) is 18.6 Å². The molecule has 0 spiro atoms. The van der Waals surface area contributed by atoms with Crippen LogP contribution in [0, 0.1) is 0 Å². The zero-order valence-electron chi connectivity index (χ0n) is 15.2. The van der Waals surface area contributed by atoms with Crippen molar-refractivity contribution in [2.45, 2.75) is 11.1 Å². The molecule has 0 bridgehead atoms. The fraction of sp³-hybridized carbons (Fsp3) is 0.111. The lowest BCUT2D eigenvalue weighted by Crippen LogP contribution is -2.31. The average Bonchev–Trinajstić information content (AvgIpc) is 3.14. The molecule has 1 aromatic carbocycles. The van der Waals surface area contributed by atoms with Gasteiger partial charge < -0.3 is 0 Å². The minimum atomic E-state index is -4.59. The molecule has 2 N–H and O–H groups in total. The van der Waals surface area contributed by atoms with Crippen LogP contribution >= 0.6 is 11.6 Å². The number of rotatable bonds is 5. The van der Waals surface area contributed by atoms with E-state index in [2.05, 4.69) is 15.8 Å². The number of nitrogens with one attached hydrogen (secondary N) is 2. The number of sulfone groups is 1. The molecule has 3 aromatic rings. The molecular formula is C18H14ClF3N4O3S. The summed E-state index contributed by atoms with van der Waals surface area (Å²) >= 11 is 5.95. The summed E-state index contributed by atoms with van der Waals surface area (Å²) in [5.74, 6) is -0.665. The molecule has 0 atom stereocenters. The smallest absolute Gasteiger partial charge is 0.298 e. The van der Waals surface area contributed by atoms with E-state index in [1.54, 1.807) is 0 Å². The number of amides is 1. The highest BCUT2D eigenvalue weighted by Gasteiger charge is 2.32. The van der Waals surface area contributed by atoms with Gasteiger partial charge in [0.1, 0.15) is 5.69 Å². The first-order valence-corrected chi connectivity index (χ1v) is 10.5. The van der Waals surface area contributed by atoms with Crippen LogP contribution in [-0.4, -0.2) is 30.1 Å². The van der Waals surface area contributed by atoms with Gasteiger partial charge >= 0.3 is 6.18 Å². The Morgan fingerprint density at radius 3 is 2.40 bits per heavy atom. The van der Waals surface area contributed by atoms with Crippen LogP contribution in [0.3, 0.4) is 0 Å². The highest BCUT2D eigenvalue weighted by molar-refractivity contribution is 7.90. The predicted molar refractivity (Wildman–Crippen MR) is 104 cm³/mol. The molecular weight excluding hydrogens is 445 g/mol. The van der Waals surface area contributed by atoms with Crippen molar-refractivity contribution in [3.8, 4) is 5.82 Å². The molecule has 0 aliphatic rings. The summed E-state index contributed by atoms with van der Waals surface area (Å²) in [6, 6.07) is 9.34. The van der Waals surface area contributed by atoms with Gasteiger partial charge in [0.05, 0.1) is 21.2 Å². The van der Waals surface area contributed by atoms with Crippen molar-refractivity contribution in [3.63, 3.8) is 0 Å². The minimum Gasteiger partial charge on any atom is -0.298 e. The Kier molecular flexibility index (Phi) is 5.77. The number of halogens is 4.